The number of halogens is 2. The summed E-state index contributed by atoms with van der Waals surface area (Å²) in [4.78, 5) is 21.7. The number of hydrogen-bond donors (Lipinski definition) is 1. The Morgan fingerprint density at radius 2 is 1.96 bits per heavy atom. The first-order valence-electron chi connectivity index (χ1n) is 7.69. The number of phenols is 1. The van der Waals surface area contributed by atoms with Crippen molar-refractivity contribution in [3.05, 3.63) is 68.6 Å². The molecule has 0 amide bonds. The highest BCUT2D eigenvalue weighted by atomic mass is 35.5. The molecule has 0 saturated carbocycles. The number of carbonyl (C=O) groups excluding carboxylic acids is 1. The quantitative estimate of drug-likeness (QED) is 0.455. The minimum absolute atomic E-state index is 0.00917. The van der Waals surface area contributed by atoms with E-state index in [2.05, 4.69) is 9.98 Å². The van der Waals surface area contributed by atoms with Gasteiger partial charge in [-0.3, -0.25) is 9.79 Å². The number of ketones is 1. The third-order valence-electron chi connectivity index (χ3n) is 3.59. The van der Waals surface area contributed by atoms with Gasteiger partial charge in [0.05, 0.1) is 15.6 Å². The van der Waals surface area contributed by atoms with Crippen LogP contribution in [-0.4, -0.2) is 28.6 Å². The van der Waals surface area contributed by atoms with Crippen LogP contribution in [0.2, 0.25) is 10.0 Å². The lowest BCUT2D eigenvalue weighted by Gasteiger charge is -1.98. The average Bonchev–Trinajstić information content (AvgIpc) is 3.00. The summed E-state index contributed by atoms with van der Waals surface area (Å²) in [5.74, 6) is -0.0868. The zero-order chi connectivity index (χ0) is 18.7. The van der Waals surface area contributed by atoms with Crippen LogP contribution in [0.1, 0.15) is 20.9 Å². The number of benzene rings is 2. The lowest BCUT2D eigenvalue weighted by atomic mass is 10.2. The number of thiazole rings is 1. The highest BCUT2D eigenvalue weighted by Crippen LogP contribution is 2.29. The van der Waals surface area contributed by atoms with Gasteiger partial charge < -0.3 is 5.11 Å². The highest BCUT2D eigenvalue weighted by molar-refractivity contribution is 7.17. The molecule has 0 unspecified atom stereocenters. The van der Waals surface area contributed by atoms with Crippen molar-refractivity contribution < 1.29 is 9.90 Å². The molecule has 2 aromatic carbocycles. The summed E-state index contributed by atoms with van der Waals surface area (Å²) in [6.07, 6.45) is 1.56. The van der Waals surface area contributed by atoms with Crippen molar-refractivity contribution in [2.24, 2.45) is 4.99 Å². The van der Waals surface area contributed by atoms with Gasteiger partial charge in [-0.1, -0.05) is 35.3 Å². The van der Waals surface area contributed by atoms with Crippen LogP contribution in [-0.2, 0) is 0 Å². The summed E-state index contributed by atoms with van der Waals surface area (Å²) in [7, 11) is 0. The van der Waals surface area contributed by atoms with E-state index in [1.165, 1.54) is 17.4 Å². The summed E-state index contributed by atoms with van der Waals surface area (Å²) < 4.78 is 0. The fourth-order valence-corrected chi connectivity index (χ4v) is 3.60. The Hall–Kier alpha value is -2.21. The number of nitrogens with zero attached hydrogens (tertiary/aromatic N) is 2. The van der Waals surface area contributed by atoms with Crippen molar-refractivity contribution >= 4 is 46.5 Å². The normalized spacial score (nSPS) is 11.2. The summed E-state index contributed by atoms with van der Waals surface area (Å²) in [6, 6.07) is 12.1. The number of aromatic hydroxyl groups is 1. The van der Waals surface area contributed by atoms with Crippen LogP contribution >= 0.6 is 34.5 Å². The van der Waals surface area contributed by atoms with Gasteiger partial charge in [0.2, 0.25) is 0 Å². The van der Waals surface area contributed by atoms with Gasteiger partial charge >= 0.3 is 0 Å². The van der Waals surface area contributed by atoms with Crippen LogP contribution in [0.3, 0.4) is 0 Å². The number of aliphatic imine (C=N–C) groups is 1. The molecule has 0 aliphatic heterocycles. The van der Waals surface area contributed by atoms with E-state index in [1.807, 2.05) is 19.1 Å². The minimum Gasteiger partial charge on any atom is -0.506 e. The van der Waals surface area contributed by atoms with E-state index in [9.17, 15) is 9.90 Å². The average molecular weight is 405 g/mol. The molecule has 26 heavy (non-hydrogen) atoms. The van der Waals surface area contributed by atoms with Gasteiger partial charge in [-0.05, 0) is 42.8 Å². The van der Waals surface area contributed by atoms with Crippen LogP contribution < -0.4 is 0 Å². The Labute approximate surface area is 164 Å². The van der Waals surface area contributed by atoms with Crippen LogP contribution in [0.25, 0.3) is 10.6 Å². The van der Waals surface area contributed by atoms with Crippen molar-refractivity contribution in [2.45, 2.75) is 6.92 Å². The molecule has 0 atom stereocenters. The first-order valence-corrected chi connectivity index (χ1v) is 9.26. The fourth-order valence-electron chi connectivity index (χ4n) is 2.28. The number of phenolic OH excluding ortho intramolecular Hbond substituents is 1. The number of aromatic nitrogens is 1. The second kappa shape index (κ2) is 7.99. The Balaban J connectivity index is 1.72. The lowest BCUT2D eigenvalue weighted by Crippen LogP contribution is -2.03. The number of Topliss-reactive ketones (excluding diaryl/α,β-unsaturated/α-hetero) is 1. The van der Waals surface area contributed by atoms with Gasteiger partial charge in [-0.2, -0.15) is 0 Å². The molecular formula is C19H14Cl2N2O2S. The molecule has 1 N–H and O–H groups in total. The molecular weight excluding hydrogens is 391 g/mol. The Kier molecular flexibility index (Phi) is 5.71. The van der Waals surface area contributed by atoms with E-state index in [4.69, 9.17) is 23.2 Å². The first kappa shape index (κ1) is 18.6. The molecule has 0 radical (unpaired) electrons. The zero-order valence-electron chi connectivity index (χ0n) is 13.7. The number of carbonyl (C=O) groups is 1. The molecule has 0 aliphatic rings. The van der Waals surface area contributed by atoms with E-state index >= 15 is 0 Å². The van der Waals surface area contributed by atoms with E-state index in [-0.39, 0.29) is 23.1 Å². The number of hydrogen-bond acceptors (Lipinski definition) is 5. The summed E-state index contributed by atoms with van der Waals surface area (Å²) in [5, 5.41) is 11.1. The topological polar surface area (TPSA) is 62.5 Å². The van der Waals surface area contributed by atoms with Crippen molar-refractivity contribution in [3.8, 4) is 16.3 Å². The van der Waals surface area contributed by atoms with Gasteiger partial charge in [-0.25, -0.2) is 4.98 Å². The van der Waals surface area contributed by atoms with Gasteiger partial charge in [0.15, 0.2) is 5.78 Å². The van der Waals surface area contributed by atoms with Crippen molar-refractivity contribution in [3.63, 3.8) is 0 Å². The predicted octanol–water partition coefficient (Wildman–Crippen LogP) is 5.43. The molecule has 0 saturated heterocycles. The molecule has 3 rings (SSSR count). The minimum atomic E-state index is -0.0960. The third-order valence-corrected chi connectivity index (χ3v) is 5.39. The van der Waals surface area contributed by atoms with E-state index in [1.54, 1.807) is 30.5 Å². The highest BCUT2D eigenvalue weighted by Gasteiger charge is 2.15. The molecule has 7 heteroatoms. The van der Waals surface area contributed by atoms with Crippen LogP contribution in [0, 0.1) is 6.92 Å². The molecule has 0 fully saturated rings. The molecule has 1 aromatic heterocycles. The van der Waals surface area contributed by atoms with Gasteiger partial charge in [0, 0.05) is 16.8 Å². The molecule has 1 heterocycles. The standard InChI is InChI=1S/C19H14Cl2N2O2S/c1-11-18(26-19(23-11)13-3-5-14(20)6-4-13)17(25)10-22-9-12-2-7-16(24)15(21)8-12/h2-9,24H,10H2,1H3. The Morgan fingerprint density at radius 3 is 2.65 bits per heavy atom. The van der Waals surface area contributed by atoms with Crippen LogP contribution in [0.4, 0.5) is 0 Å². The van der Waals surface area contributed by atoms with Crippen molar-refractivity contribution in [1.82, 2.24) is 4.98 Å². The van der Waals surface area contributed by atoms with E-state index in [0.717, 1.165) is 10.6 Å². The molecule has 0 aliphatic carbocycles. The second-order valence-corrected chi connectivity index (χ2v) is 7.39. The number of aryl methyl sites for hydroxylation is 1. The smallest absolute Gasteiger partial charge is 0.196 e. The molecule has 3 aromatic rings. The van der Waals surface area contributed by atoms with Crippen LogP contribution in [0.15, 0.2) is 47.5 Å². The Bertz CT molecular complexity index is 982. The molecule has 0 spiro atoms. The molecule has 4 nitrogen and oxygen atoms in total. The SMILES string of the molecule is Cc1nc(-c2ccc(Cl)cc2)sc1C(=O)CN=Cc1ccc(O)c(Cl)c1. The predicted molar refractivity (Wildman–Crippen MR) is 107 cm³/mol. The summed E-state index contributed by atoms with van der Waals surface area (Å²) in [5.41, 5.74) is 2.32. The van der Waals surface area contributed by atoms with Gasteiger partial charge in [-0.15, -0.1) is 11.3 Å². The van der Waals surface area contributed by atoms with Gasteiger partial charge in [0.1, 0.15) is 17.3 Å². The third kappa shape index (κ3) is 4.30. The maximum Gasteiger partial charge on any atom is 0.196 e. The first-order chi connectivity index (χ1) is 12.4. The maximum absolute atomic E-state index is 12.4. The second-order valence-electron chi connectivity index (χ2n) is 5.54. The van der Waals surface area contributed by atoms with Gasteiger partial charge in [0.25, 0.3) is 0 Å². The summed E-state index contributed by atoms with van der Waals surface area (Å²) >= 11 is 13.1. The monoisotopic (exact) mass is 404 g/mol. The van der Waals surface area contributed by atoms with E-state index in [0.29, 0.717) is 21.2 Å². The lowest BCUT2D eigenvalue weighted by molar-refractivity contribution is 0.100. The molecule has 132 valence electrons. The fraction of sp³-hybridized carbons (Fsp3) is 0.105. The Morgan fingerprint density at radius 1 is 1.23 bits per heavy atom. The van der Waals surface area contributed by atoms with Crippen molar-refractivity contribution in [1.29, 1.82) is 0 Å². The van der Waals surface area contributed by atoms with Crippen LogP contribution in [0.5, 0.6) is 5.75 Å². The number of rotatable bonds is 5. The molecule has 0 bridgehead atoms. The summed E-state index contributed by atoms with van der Waals surface area (Å²) in [6.45, 7) is 1.83. The largest absolute Gasteiger partial charge is 0.506 e. The maximum atomic E-state index is 12.4. The van der Waals surface area contributed by atoms with E-state index < -0.39 is 0 Å². The zero-order valence-corrected chi connectivity index (χ0v) is 16.1. The van der Waals surface area contributed by atoms with Crippen molar-refractivity contribution in [2.75, 3.05) is 6.54 Å².